The molecule has 0 aliphatic carbocycles. The molecule has 3 aromatic heterocycles. The zero-order valence-corrected chi connectivity index (χ0v) is 32.8. The van der Waals surface area contributed by atoms with Crippen molar-refractivity contribution in [3.8, 4) is 16.8 Å². The third-order valence-electron chi connectivity index (χ3n) is 11.8. The van der Waals surface area contributed by atoms with Crippen LogP contribution < -0.4 is 4.90 Å². The van der Waals surface area contributed by atoms with Crippen molar-refractivity contribution in [2.24, 2.45) is 0 Å². The molecule has 0 saturated carbocycles. The molecular weight excluding hydrogens is 735 g/mol. The van der Waals surface area contributed by atoms with Crippen LogP contribution in [0.1, 0.15) is 11.1 Å². The Morgan fingerprint density at radius 3 is 2.08 bits per heavy atom. The van der Waals surface area contributed by atoms with Gasteiger partial charge in [-0.1, -0.05) is 127 Å². The Hall–Kier alpha value is -7.53. The van der Waals surface area contributed by atoms with E-state index in [1.807, 2.05) is 29.8 Å². The van der Waals surface area contributed by atoms with Gasteiger partial charge < -0.3 is 9.47 Å². The van der Waals surface area contributed by atoms with Crippen LogP contribution in [0.25, 0.3) is 92.5 Å². The lowest BCUT2D eigenvalue weighted by atomic mass is 9.92. The van der Waals surface area contributed by atoms with Gasteiger partial charge >= 0.3 is 0 Å². The van der Waals surface area contributed by atoms with Gasteiger partial charge in [0, 0.05) is 54.2 Å². The zero-order chi connectivity index (χ0) is 38.9. The number of rotatable bonds is 7. The van der Waals surface area contributed by atoms with Gasteiger partial charge in [0.25, 0.3) is 0 Å². The number of thiophene rings is 1. The van der Waals surface area contributed by atoms with Gasteiger partial charge in [-0.2, -0.15) is 0 Å². The van der Waals surface area contributed by atoms with Gasteiger partial charge in [0.1, 0.15) is 0 Å². The first-order valence-corrected chi connectivity index (χ1v) is 20.8. The smallest absolute Gasteiger partial charge is 0.0645 e. The summed E-state index contributed by atoms with van der Waals surface area (Å²) in [5.74, 6) is 0. The molecule has 3 nitrogen and oxygen atoms in total. The SMILES string of the molecule is C(=C\c1ccc(-c2cc3ccc4cccc5c4c3c(c2)n5-c2cccnc2)c2ccccc12)/c1ccc(N(c2ccccc2)c2ccc3c(c2)sc2ccccc23)cc1. The predicted octanol–water partition coefficient (Wildman–Crippen LogP) is 15.6. The first-order chi connectivity index (χ1) is 29.2. The molecule has 0 spiro atoms. The summed E-state index contributed by atoms with van der Waals surface area (Å²) in [7, 11) is 0. The number of aromatic nitrogens is 2. The fourth-order valence-electron chi connectivity index (χ4n) is 9.13. The molecule has 0 aliphatic rings. The Labute approximate surface area is 345 Å². The second kappa shape index (κ2) is 13.6. The average Bonchev–Trinajstić information content (AvgIpc) is 3.84. The van der Waals surface area contributed by atoms with E-state index in [2.05, 4.69) is 209 Å². The van der Waals surface area contributed by atoms with Crippen LogP contribution in [0.15, 0.2) is 200 Å². The van der Waals surface area contributed by atoms with Crippen LogP contribution in [-0.2, 0) is 0 Å². The third-order valence-corrected chi connectivity index (χ3v) is 12.9. The van der Waals surface area contributed by atoms with Gasteiger partial charge in [0.15, 0.2) is 0 Å². The molecule has 0 bridgehead atoms. The topological polar surface area (TPSA) is 21.1 Å². The Balaban J connectivity index is 0.910. The molecule has 12 rings (SSSR count). The van der Waals surface area contributed by atoms with Gasteiger partial charge in [-0.3, -0.25) is 4.98 Å². The number of pyridine rings is 1. The molecule has 0 fully saturated rings. The molecule has 3 heterocycles. The zero-order valence-electron chi connectivity index (χ0n) is 32.0. The van der Waals surface area contributed by atoms with Crippen molar-refractivity contribution in [1.29, 1.82) is 0 Å². The summed E-state index contributed by atoms with van der Waals surface area (Å²) in [5, 5.41) is 10.2. The van der Waals surface area contributed by atoms with Crippen LogP contribution in [0.2, 0.25) is 0 Å². The van der Waals surface area contributed by atoms with E-state index in [4.69, 9.17) is 0 Å². The summed E-state index contributed by atoms with van der Waals surface area (Å²) in [6.45, 7) is 0. The summed E-state index contributed by atoms with van der Waals surface area (Å²) < 4.78 is 4.98. The van der Waals surface area contributed by atoms with Crippen molar-refractivity contribution in [3.63, 3.8) is 0 Å². The van der Waals surface area contributed by atoms with Crippen molar-refractivity contribution in [2.75, 3.05) is 4.90 Å². The molecule has 9 aromatic carbocycles. The van der Waals surface area contributed by atoms with E-state index in [0.717, 1.165) is 28.3 Å². The van der Waals surface area contributed by atoms with E-state index in [-0.39, 0.29) is 0 Å². The van der Waals surface area contributed by atoms with E-state index in [1.54, 1.807) is 0 Å². The lowest BCUT2D eigenvalue weighted by Crippen LogP contribution is -2.09. The molecule has 0 unspecified atom stereocenters. The lowest BCUT2D eigenvalue weighted by Gasteiger charge is -2.25. The van der Waals surface area contributed by atoms with Gasteiger partial charge in [-0.05, 0) is 117 Å². The third kappa shape index (κ3) is 5.53. The lowest BCUT2D eigenvalue weighted by molar-refractivity contribution is 1.14. The number of anilines is 3. The normalized spacial score (nSPS) is 12.0. The molecule has 0 aliphatic heterocycles. The first-order valence-electron chi connectivity index (χ1n) is 20.0. The minimum atomic E-state index is 1.06. The molecule has 0 radical (unpaired) electrons. The Kier molecular flexibility index (Phi) is 7.72. The molecule has 0 N–H and O–H groups in total. The van der Waals surface area contributed by atoms with Gasteiger partial charge in [-0.15, -0.1) is 11.3 Å². The highest BCUT2D eigenvalue weighted by Gasteiger charge is 2.19. The quantitative estimate of drug-likeness (QED) is 0.119. The molecule has 12 aromatic rings. The van der Waals surface area contributed by atoms with Crippen molar-refractivity contribution in [3.05, 3.63) is 212 Å². The van der Waals surface area contributed by atoms with Crippen molar-refractivity contribution in [1.82, 2.24) is 9.55 Å². The van der Waals surface area contributed by atoms with Crippen LogP contribution in [0.4, 0.5) is 17.1 Å². The maximum Gasteiger partial charge on any atom is 0.0645 e. The molecule has 4 heteroatoms. The molecule has 276 valence electrons. The van der Waals surface area contributed by atoms with E-state index in [0.29, 0.717) is 0 Å². The predicted molar refractivity (Wildman–Crippen MR) is 253 cm³/mol. The van der Waals surface area contributed by atoms with Crippen molar-refractivity contribution in [2.45, 2.75) is 0 Å². The summed E-state index contributed by atoms with van der Waals surface area (Å²) in [4.78, 5) is 6.84. The fraction of sp³-hybridized carbons (Fsp3) is 0. The minimum absolute atomic E-state index is 1.06. The molecule has 0 amide bonds. The Bertz CT molecular complexity index is 3540. The largest absolute Gasteiger partial charge is 0.310 e. The highest BCUT2D eigenvalue weighted by molar-refractivity contribution is 7.25. The standard InChI is InChI=1S/C55H35N3S/c1-2-11-41(12-3-1)57(43-28-30-49-48-16-6-7-18-52(48)59-53(49)34-43)42-26-20-36(21-27-42)19-22-37-25-29-46(47-15-5-4-14-45(37)47)40-32-39-24-23-38-10-8-17-50-54(38)55(39)51(33-40)58(50)44-13-9-31-56-35-44/h1-35H/b22-19+. The maximum atomic E-state index is 4.49. The van der Waals surface area contributed by atoms with Gasteiger partial charge in [-0.25, -0.2) is 0 Å². The molecule has 0 saturated heterocycles. The summed E-state index contributed by atoms with van der Waals surface area (Å²) in [6, 6.07) is 68.4. The summed E-state index contributed by atoms with van der Waals surface area (Å²) >= 11 is 1.85. The van der Waals surface area contributed by atoms with Crippen molar-refractivity contribution >= 4 is 104 Å². The number of nitrogens with zero attached hydrogens (tertiary/aromatic N) is 3. The van der Waals surface area contributed by atoms with Crippen LogP contribution >= 0.6 is 11.3 Å². The Morgan fingerprint density at radius 2 is 1.22 bits per heavy atom. The van der Waals surface area contributed by atoms with E-state index < -0.39 is 0 Å². The van der Waals surface area contributed by atoms with Gasteiger partial charge in [0.05, 0.1) is 22.9 Å². The van der Waals surface area contributed by atoms with Crippen LogP contribution in [-0.4, -0.2) is 9.55 Å². The number of fused-ring (bicyclic) bond motifs is 4. The first kappa shape index (κ1) is 33.6. The minimum Gasteiger partial charge on any atom is -0.310 e. The number of hydrogen-bond acceptors (Lipinski definition) is 3. The Morgan fingerprint density at radius 1 is 0.475 bits per heavy atom. The summed E-state index contributed by atoms with van der Waals surface area (Å²) in [5.41, 5.74) is 11.6. The highest BCUT2D eigenvalue weighted by atomic mass is 32.1. The number of hydrogen-bond donors (Lipinski definition) is 0. The second-order valence-electron chi connectivity index (χ2n) is 15.2. The van der Waals surface area contributed by atoms with Crippen molar-refractivity contribution < 1.29 is 0 Å². The van der Waals surface area contributed by atoms with E-state index in [9.17, 15) is 0 Å². The van der Waals surface area contributed by atoms with Gasteiger partial charge in [0.2, 0.25) is 0 Å². The molecular formula is C55H35N3S. The summed E-state index contributed by atoms with van der Waals surface area (Å²) in [6.07, 6.45) is 8.28. The van der Waals surface area contributed by atoms with Crippen LogP contribution in [0.5, 0.6) is 0 Å². The van der Waals surface area contributed by atoms with Crippen LogP contribution in [0, 0.1) is 0 Å². The molecule has 59 heavy (non-hydrogen) atoms. The van der Waals surface area contributed by atoms with E-state index in [1.165, 1.54) is 80.2 Å². The average molecular weight is 770 g/mol. The number of para-hydroxylation sites is 1. The molecule has 0 atom stereocenters. The monoisotopic (exact) mass is 769 g/mol. The number of benzene rings is 9. The second-order valence-corrected chi connectivity index (χ2v) is 16.3. The van der Waals surface area contributed by atoms with Crippen LogP contribution in [0.3, 0.4) is 0 Å². The fourth-order valence-corrected chi connectivity index (χ4v) is 10.3. The highest BCUT2D eigenvalue weighted by Crippen LogP contribution is 2.43. The maximum absolute atomic E-state index is 4.49. The van der Waals surface area contributed by atoms with E-state index >= 15 is 0 Å².